The molecule has 0 bridgehead atoms. The zero-order valence-electron chi connectivity index (χ0n) is 30.1. The second-order valence-corrected chi connectivity index (χ2v) is 14.0. The fourth-order valence-corrected chi connectivity index (χ4v) is 5.36. The van der Waals surface area contributed by atoms with E-state index in [4.69, 9.17) is 4.74 Å². The standard InChI is InChI=1S/C41H78NO/c1-6-8-10-12-14-16-18-20-22-24-26-28-30-32-34-36-38-41(43-40-42(3,4)5)39-37-35-33-31-29-27-25-23-21-19-17-15-13-11-9-7-2/h14-17,20-23,41H,6-13,18-19,24-40H2,1-5H3/q+1. The highest BCUT2D eigenvalue weighted by atomic mass is 16.5. The summed E-state index contributed by atoms with van der Waals surface area (Å²) in [7, 11) is 6.70. The van der Waals surface area contributed by atoms with Crippen molar-refractivity contribution in [3.63, 3.8) is 0 Å². The fraction of sp³-hybridized carbons (Fsp3) is 0.805. The molecule has 0 aliphatic heterocycles. The Balaban J connectivity index is 3.80. The number of ether oxygens (including phenoxy) is 1. The quantitative estimate of drug-likeness (QED) is 0.0315. The maximum Gasteiger partial charge on any atom is 0.182 e. The van der Waals surface area contributed by atoms with Crippen LogP contribution in [0.3, 0.4) is 0 Å². The van der Waals surface area contributed by atoms with Gasteiger partial charge in [-0.25, -0.2) is 0 Å². The third-order valence-corrected chi connectivity index (χ3v) is 8.15. The van der Waals surface area contributed by atoms with E-state index in [9.17, 15) is 0 Å². The van der Waals surface area contributed by atoms with Gasteiger partial charge in [-0.1, -0.05) is 152 Å². The van der Waals surface area contributed by atoms with Crippen LogP contribution in [0.4, 0.5) is 0 Å². The first-order valence-electron chi connectivity index (χ1n) is 19.0. The second kappa shape index (κ2) is 33.8. The van der Waals surface area contributed by atoms with Crippen LogP contribution >= 0.6 is 0 Å². The zero-order chi connectivity index (χ0) is 31.5. The lowest BCUT2D eigenvalue weighted by molar-refractivity contribution is -0.891. The normalized spacial score (nSPS) is 13.5. The minimum atomic E-state index is 0.453. The van der Waals surface area contributed by atoms with Crippen molar-refractivity contribution in [1.82, 2.24) is 0 Å². The van der Waals surface area contributed by atoms with Gasteiger partial charge in [-0.05, 0) is 77.0 Å². The van der Waals surface area contributed by atoms with E-state index in [1.165, 1.54) is 154 Å². The second-order valence-electron chi connectivity index (χ2n) is 14.0. The largest absolute Gasteiger partial charge is 0.328 e. The summed E-state index contributed by atoms with van der Waals surface area (Å²) in [6.45, 7) is 5.37. The molecule has 0 aromatic rings. The minimum absolute atomic E-state index is 0.453. The van der Waals surface area contributed by atoms with Gasteiger partial charge < -0.3 is 9.22 Å². The highest BCUT2D eigenvalue weighted by Crippen LogP contribution is 2.18. The summed E-state index contributed by atoms with van der Waals surface area (Å²) in [5, 5.41) is 0. The van der Waals surface area contributed by atoms with Crippen LogP contribution in [0.5, 0.6) is 0 Å². The molecule has 0 saturated carbocycles. The van der Waals surface area contributed by atoms with Gasteiger partial charge in [0.2, 0.25) is 0 Å². The molecule has 0 radical (unpaired) electrons. The number of quaternary nitrogens is 1. The van der Waals surface area contributed by atoms with Crippen molar-refractivity contribution in [2.24, 2.45) is 0 Å². The molecule has 2 nitrogen and oxygen atoms in total. The number of nitrogens with zero attached hydrogens (tertiary/aromatic N) is 1. The maximum absolute atomic E-state index is 6.40. The molecule has 0 aromatic heterocycles. The zero-order valence-corrected chi connectivity index (χ0v) is 30.1. The van der Waals surface area contributed by atoms with Crippen molar-refractivity contribution in [2.45, 2.75) is 187 Å². The van der Waals surface area contributed by atoms with E-state index >= 15 is 0 Å². The molecular formula is C41H78NO+. The predicted octanol–water partition coefficient (Wildman–Crippen LogP) is 13.4. The molecule has 0 saturated heterocycles. The lowest BCUT2D eigenvalue weighted by Crippen LogP contribution is -2.38. The van der Waals surface area contributed by atoms with E-state index < -0.39 is 0 Å². The summed E-state index contributed by atoms with van der Waals surface area (Å²) in [4.78, 5) is 0. The Morgan fingerprint density at radius 2 is 0.744 bits per heavy atom. The predicted molar refractivity (Wildman–Crippen MR) is 196 cm³/mol. The van der Waals surface area contributed by atoms with Gasteiger partial charge in [-0.2, -0.15) is 0 Å². The number of hydrogen-bond acceptors (Lipinski definition) is 1. The highest BCUT2D eigenvalue weighted by Gasteiger charge is 2.14. The first kappa shape index (κ1) is 41.9. The first-order valence-corrected chi connectivity index (χ1v) is 19.0. The Morgan fingerprint density at radius 1 is 0.419 bits per heavy atom. The van der Waals surface area contributed by atoms with Crippen molar-refractivity contribution >= 4 is 0 Å². The molecule has 0 aromatic carbocycles. The van der Waals surface area contributed by atoms with E-state index in [0.717, 1.165) is 24.1 Å². The molecule has 0 fully saturated rings. The Hall–Kier alpha value is -1.12. The summed E-state index contributed by atoms with van der Waals surface area (Å²) in [6, 6.07) is 0. The monoisotopic (exact) mass is 601 g/mol. The molecule has 0 unspecified atom stereocenters. The molecule has 252 valence electrons. The third-order valence-electron chi connectivity index (χ3n) is 8.15. The number of hydrogen-bond donors (Lipinski definition) is 0. The molecule has 0 N–H and O–H groups in total. The molecular weight excluding hydrogens is 522 g/mol. The molecule has 0 rings (SSSR count). The maximum atomic E-state index is 6.40. The van der Waals surface area contributed by atoms with Gasteiger partial charge in [0, 0.05) is 0 Å². The van der Waals surface area contributed by atoms with Gasteiger partial charge >= 0.3 is 0 Å². The number of unbranched alkanes of at least 4 members (excludes halogenated alkanes) is 18. The van der Waals surface area contributed by atoms with Crippen LogP contribution < -0.4 is 0 Å². The third kappa shape index (κ3) is 37.0. The van der Waals surface area contributed by atoms with Crippen LogP contribution in [0.25, 0.3) is 0 Å². The van der Waals surface area contributed by atoms with Crippen molar-refractivity contribution < 1.29 is 9.22 Å². The summed E-state index contributed by atoms with van der Waals surface area (Å²) in [5.41, 5.74) is 0. The molecule has 43 heavy (non-hydrogen) atoms. The topological polar surface area (TPSA) is 9.23 Å². The average molecular weight is 601 g/mol. The Kier molecular flexibility index (Phi) is 32.9. The van der Waals surface area contributed by atoms with E-state index in [2.05, 4.69) is 83.6 Å². The fourth-order valence-electron chi connectivity index (χ4n) is 5.36. The Labute approximate surface area is 272 Å². The van der Waals surface area contributed by atoms with Crippen molar-refractivity contribution in [3.8, 4) is 0 Å². The first-order chi connectivity index (χ1) is 21.0. The molecule has 0 amide bonds. The lowest BCUT2D eigenvalue weighted by Gasteiger charge is -2.27. The van der Waals surface area contributed by atoms with Gasteiger partial charge in [-0.15, -0.1) is 0 Å². The van der Waals surface area contributed by atoms with Gasteiger partial charge in [0.15, 0.2) is 6.73 Å². The van der Waals surface area contributed by atoms with Crippen LogP contribution in [0, 0.1) is 0 Å². The van der Waals surface area contributed by atoms with E-state index in [1.807, 2.05) is 0 Å². The molecule has 2 heteroatoms. The Morgan fingerprint density at radius 3 is 1.09 bits per heavy atom. The number of allylic oxidation sites excluding steroid dienone is 8. The van der Waals surface area contributed by atoms with Gasteiger partial charge in [0.25, 0.3) is 0 Å². The smallest absolute Gasteiger partial charge is 0.182 e. The summed E-state index contributed by atoms with van der Waals surface area (Å²) in [5.74, 6) is 0. The number of rotatable bonds is 33. The molecule has 0 spiro atoms. The highest BCUT2D eigenvalue weighted by molar-refractivity contribution is 4.93. The Bertz CT molecular complexity index is 605. The molecule has 0 aliphatic carbocycles. The summed E-state index contributed by atoms with van der Waals surface area (Å²) in [6.07, 6.45) is 53.5. The lowest BCUT2D eigenvalue weighted by atomic mass is 10.0. The van der Waals surface area contributed by atoms with Gasteiger partial charge in [0.1, 0.15) is 0 Å². The molecule has 0 aliphatic rings. The van der Waals surface area contributed by atoms with E-state index in [0.29, 0.717) is 6.10 Å². The van der Waals surface area contributed by atoms with E-state index in [1.54, 1.807) is 0 Å². The van der Waals surface area contributed by atoms with Crippen LogP contribution in [0.1, 0.15) is 181 Å². The average Bonchev–Trinajstić information content (AvgIpc) is 2.98. The van der Waals surface area contributed by atoms with E-state index in [-0.39, 0.29) is 0 Å². The van der Waals surface area contributed by atoms with Gasteiger partial charge in [-0.3, -0.25) is 0 Å². The van der Waals surface area contributed by atoms with Crippen molar-refractivity contribution in [2.75, 3.05) is 27.9 Å². The van der Waals surface area contributed by atoms with Gasteiger partial charge in [0.05, 0.1) is 27.2 Å². The van der Waals surface area contributed by atoms with Crippen molar-refractivity contribution in [3.05, 3.63) is 48.6 Å². The molecule has 0 atom stereocenters. The van der Waals surface area contributed by atoms with Crippen LogP contribution in [0.2, 0.25) is 0 Å². The summed E-state index contributed by atoms with van der Waals surface area (Å²) >= 11 is 0. The van der Waals surface area contributed by atoms with Crippen molar-refractivity contribution in [1.29, 1.82) is 0 Å². The SMILES string of the molecule is CCCCCC=CCC=CCCCCCCCCC(CCCCCCCCC=CCC=CCCCCC)OC[N+](C)(C)C. The van der Waals surface area contributed by atoms with Crippen LogP contribution in [-0.4, -0.2) is 38.5 Å². The van der Waals surface area contributed by atoms with Crippen LogP contribution in [-0.2, 0) is 4.74 Å². The summed E-state index contributed by atoms with van der Waals surface area (Å²) < 4.78 is 7.30. The minimum Gasteiger partial charge on any atom is -0.328 e. The molecule has 0 heterocycles. The van der Waals surface area contributed by atoms with Crippen LogP contribution in [0.15, 0.2) is 48.6 Å².